The molecule has 10 heteroatoms. The summed E-state index contributed by atoms with van der Waals surface area (Å²) in [6.07, 6.45) is 1.78. The van der Waals surface area contributed by atoms with E-state index in [0.29, 0.717) is 22.7 Å². The third kappa shape index (κ3) is 4.86. The first-order chi connectivity index (χ1) is 18.7. The Kier molecular flexibility index (Phi) is 6.88. The van der Waals surface area contributed by atoms with Gasteiger partial charge in [-0.2, -0.15) is 5.10 Å². The molecule has 2 aromatic carbocycles. The molecule has 1 aliphatic rings. The molecule has 3 heterocycles. The van der Waals surface area contributed by atoms with Crippen molar-refractivity contribution in [1.29, 1.82) is 0 Å². The number of ether oxygens (including phenoxy) is 2. The van der Waals surface area contributed by atoms with Crippen LogP contribution in [-0.4, -0.2) is 66.3 Å². The maximum atomic E-state index is 13.4. The lowest BCUT2D eigenvalue weighted by Gasteiger charge is -2.11. The molecule has 0 aliphatic carbocycles. The Labute approximate surface area is 226 Å². The van der Waals surface area contributed by atoms with Crippen LogP contribution in [0.5, 0.6) is 11.5 Å². The molecule has 0 saturated heterocycles. The number of likely N-dealkylation sites (N-methyl/N-ethyl adjacent to an activating group) is 1. The van der Waals surface area contributed by atoms with E-state index in [0.717, 1.165) is 52.2 Å². The van der Waals surface area contributed by atoms with Gasteiger partial charge in [0.05, 0.1) is 30.6 Å². The van der Waals surface area contributed by atoms with Gasteiger partial charge in [-0.1, -0.05) is 0 Å². The second-order valence-electron chi connectivity index (χ2n) is 9.75. The summed E-state index contributed by atoms with van der Waals surface area (Å²) in [5, 5.41) is 10.9. The SMILES string of the molecule is CNC(=O)Nc1ccc2c(c1)C(=O)C(=Cc1c(-c3c(C)nn(CCN(C)C)c3C)[nH]c3ccc(OC)cc13)O2. The third-order valence-electron chi connectivity index (χ3n) is 6.86. The minimum Gasteiger partial charge on any atom is -0.497 e. The molecule has 10 nitrogen and oxygen atoms in total. The molecule has 0 saturated carbocycles. The van der Waals surface area contributed by atoms with Gasteiger partial charge in [0.25, 0.3) is 0 Å². The van der Waals surface area contributed by atoms with E-state index in [9.17, 15) is 9.59 Å². The molecule has 202 valence electrons. The molecule has 39 heavy (non-hydrogen) atoms. The number of anilines is 1. The van der Waals surface area contributed by atoms with Gasteiger partial charge in [-0.25, -0.2) is 4.79 Å². The molecule has 1 aliphatic heterocycles. The van der Waals surface area contributed by atoms with Crippen molar-refractivity contribution in [2.45, 2.75) is 20.4 Å². The fourth-order valence-electron chi connectivity index (χ4n) is 4.83. The molecule has 3 N–H and O–H groups in total. The molecule has 4 aromatic rings. The van der Waals surface area contributed by atoms with Crippen LogP contribution < -0.4 is 20.1 Å². The molecule has 0 radical (unpaired) electrons. The number of urea groups is 1. The first-order valence-electron chi connectivity index (χ1n) is 12.7. The van der Waals surface area contributed by atoms with Crippen LogP contribution in [0.25, 0.3) is 28.2 Å². The zero-order valence-corrected chi connectivity index (χ0v) is 22.9. The number of aromatic nitrogens is 3. The van der Waals surface area contributed by atoms with Crippen molar-refractivity contribution in [3.05, 3.63) is 64.7 Å². The van der Waals surface area contributed by atoms with Crippen molar-refractivity contribution in [2.75, 3.05) is 40.1 Å². The van der Waals surface area contributed by atoms with Gasteiger partial charge in [0.1, 0.15) is 11.5 Å². The molecular formula is C29H32N6O4. The quantitative estimate of drug-likeness (QED) is 0.303. The van der Waals surface area contributed by atoms with Gasteiger partial charge in [0, 0.05) is 47.0 Å². The zero-order valence-electron chi connectivity index (χ0n) is 22.9. The van der Waals surface area contributed by atoms with Gasteiger partial charge >= 0.3 is 6.03 Å². The number of aromatic amines is 1. The van der Waals surface area contributed by atoms with Gasteiger partial charge in [-0.05, 0) is 70.4 Å². The maximum Gasteiger partial charge on any atom is 0.318 e. The number of hydrogen-bond donors (Lipinski definition) is 3. The van der Waals surface area contributed by atoms with Crippen molar-refractivity contribution in [3.8, 4) is 22.8 Å². The molecule has 2 aromatic heterocycles. The number of fused-ring (bicyclic) bond motifs is 2. The lowest BCUT2D eigenvalue weighted by molar-refractivity contribution is 0.101. The number of Topliss-reactive ketones (excluding diaryl/α,β-unsaturated/α-hetero) is 1. The lowest BCUT2D eigenvalue weighted by atomic mass is 10.0. The lowest BCUT2D eigenvalue weighted by Crippen LogP contribution is -2.24. The molecule has 0 spiro atoms. The normalized spacial score (nSPS) is 13.7. The highest BCUT2D eigenvalue weighted by molar-refractivity contribution is 6.16. The van der Waals surface area contributed by atoms with E-state index in [2.05, 4.69) is 27.4 Å². The van der Waals surface area contributed by atoms with E-state index in [1.807, 2.05) is 43.9 Å². The van der Waals surface area contributed by atoms with Crippen molar-refractivity contribution >= 4 is 34.5 Å². The predicted octanol–water partition coefficient (Wildman–Crippen LogP) is 4.59. The summed E-state index contributed by atoms with van der Waals surface area (Å²) in [5.74, 6) is 1.08. The Bertz CT molecular complexity index is 1630. The number of nitrogens with one attached hydrogen (secondary N) is 3. The van der Waals surface area contributed by atoms with Crippen LogP contribution in [0.1, 0.15) is 27.3 Å². The van der Waals surface area contributed by atoms with Crippen molar-refractivity contribution in [1.82, 2.24) is 25.0 Å². The number of benzene rings is 2. The minimum absolute atomic E-state index is 0.197. The minimum atomic E-state index is -0.369. The summed E-state index contributed by atoms with van der Waals surface area (Å²) < 4.78 is 13.5. The van der Waals surface area contributed by atoms with Crippen molar-refractivity contribution in [2.24, 2.45) is 0 Å². The van der Waals surface area contributed by atoms with Gasteiger partial charge < -0.3 is 30.0 Å². The molecule has 2 amide bonds. The van der Waals surface area contributed by atoms with E-state index < -0.39 is 0 Å². The van der Waals surface area contributed by atoms with Crippen LogP contribution in [-0.2, 0) is 6.54 Å². The maximum absolute atomic E-state index is 13.4. The summed E-state index contributed by atoms with van der Waals surface area (Å²) in [6, 6.07) is 10.4. The number of ketones is 1. The van der Waals surface area contributed by atoms with Crippen LogP contribution in [0.4, 0.5) is 10.5 Å². The van der Waals surface area contributed by atoms with Crippen LogP contribution in [0.2, 0.25) is 0 Å². The summed E-state index contributed by atoms with van der Waals surface area (Å²) in [7, 11) is 7.23. The van der Waals surface area contributed by atoms with E-state index in [1.165, 1.54) is 7.05 Å². The summed E-state index contributed by atoms with van der Waals surface area (Å²) >= 11 is 0. The van der Waals surface area contributed by atoms with E-state index in [-0.39, 0.29) is 17.6 Å². The number of carbonyl (C=O) groups is 2. The molecule has 0 unspecified atom stereocenters. The van der Waals surface area contributed by atoms with Crippen LogP contribution in [0, 0.1) is 13.8 Å². The van der Waals surface area contributed by atoms with E-state index in [4.69, 9.17) is 14.6 Å². The Morgan fingerprint density at radius 3 is 2.72 bits per heavy atom. The largest absolute Gasteiger partial charge is 0.497 e. The molecular weight excluding hydrogens is 496 g/mol. The Morgan fingerprint density at radius 1 is 1.21 bits per heavy atom. The Morgan fingerprint density at radius 2 is 2.00 bits per heavy atom. The highest BCUT2D eigenvalue weighted by Crippen LogP contribution is 2.39. The monoisotopic (exact) mass is 528 g/mol. The van der Waals surface area contributed by atoms with Crippen LogP contribution in [0.15, 0.2) is 42.2 Å². The number of hydrogen-bond acceptors (Lipinski definition) is 6. The number of aryl methyl sites for hydroxylation is 1. The second-order valence-corrected chi connectivity index (χ2v) is 9.75. The van der Waals surface area contributed by atoms with Crippen LogP contribution >= 0.6 is 0 Å². The van der Waals surface area contributed by atoms with Gasteiger partial charge in [-0.3, -0.25) is 9.48 Å². The highest BCUT2D eigenvalue weighted by Gasteiger charge is 2.29. The molecule has 0 fully saturated rings. The number of methoxy groups -OCH3 is 1. The van der Waals surface area contributed by atoms with Gasteiger partial charge in [-0.15, -0.1) is 0 Å². The fraction of sp³-hybridized carbons (Fsp3) is 0.276. The standard InChI is InChI=1S/C29H32N6O4/c1-16-26(17(2)35(33-16)12-11-34(4)5)27-21(20-14-19(38-6)8-9-23(20)32-27)15-25-28(36)22-13-18(31-29(37)30-3)7-10-24(22)39-25/h7-10,13-15,32H,11-12H2,1-6H3,(H2,30,31,37). The number of amides is 2. The first-order valence-corrected chi connectivity index (χ1v) is 12.7. The number of carbonyl (C=O) groups excluding carboxylic acids is 2. The van der Waals surface area contributed by atoms with Crippen LogP contribution in [0.3, 0.4) is 0 Å². The second kappa shape index (κ2) is 10.3. The number of nitrogens with zero attached hydrogens (tertiary/aromatic N) is 3. The average molecular weight is 529 g/mol. The van der Waals surface area contributed by atoms with Crippen molar-refractivity contribution < 1.29 is 19.1 Å². The molecule has 0 atom stereocenters. The average Bonchev–Trinajstić information content (AvgIpc) is 3.52. The molecule has 0 bridgehead atoms. The molecule has 5 rings (SSSR count). The number of H-pyrrole nitrogens is 1. The third-order valence-corrected chi connectivity index (χ3v) is 6.86. The smallest absolute Gasteiger partial charge is 0.318 e. The summed E-state index contributed by atoms with van der Waals surface area (Å²) in [4.78, 5) is 30.9. The Balaban J connectivity index is 1.62. The summed E-state index contributed by atoms with van der Waals surface area (Å²) in [6.45, 7) is 5.67. The van der Waals surface area contributed by atoms with Gasteiger partial charge in [0.2, 0.25) is 5.78 Å². The predicted molar refractivity (Wildman–Crippen MR) is 152 cm³/mol. The number of allylic oxidation sites excluding steroid dienone is 1. The Hall–Kier alpha value is -4.57. The van der Waals surface area contributed by atoms with Crippen molar-refractivity contribution in [3.63, 3.8) is 0 Å². The highest BCUT2D eigenvalue weighted by atomic mass is 16.5. The zero-order chi connectivity index (χ0) is 27.8. The van der Waals surface area contributed by atoms with E-state index >= 15 is 0 Å². The topological polar surface area (TPSA) is 114 Å². The summed E-state index contributed by atoms with van der Waals surface area (Å²) in [5.41, 5.74) is 6.34. The fourth-order valence-corrected chi connectivity index (χ4v) is 4.83. The number of rotatable bonds is 7. The van der Waals surface area contributed by atoms with E-state index in [1.54, 1.807) is 31.4 Å². The van der Waals surface area contributed by atoms with Gasteiger partial charge in [0.15, 0.2) is 5.76 Å². The first kappa shape index (κ1) is 26.1.